The van der Waals surface area contributed by atoms with E-state index >= 15 is 0 Å². The van der Waals surface area contributed by atoms with Crippen molar-refractivity contribution in [3.63, 3.8) is 0 Å². The van der Waals surface area contributed by atoms with Gasteiger partial charge < -0.3 is 5.73 Å². The number of rotatable bonds is 1. The van der Waals surface area contributed by atoms with Gasteiger partial charge in [-0.15, -0.1) is 0 Å². The fourth-order valence-corrected chi connectivity index (χ4v) is 2.46. The topological polar surface area (TPSA) is 40.2 Å². The molecule has 0 unspecified atom stereocenters. The number of nitrogens with one attached hydrogen (secondary N) is 1. The van der Waals surface area contributed by atoms with Gasteiger partial charge in [0.15, 0.2) is 0 Å². The molecule has 0 aliphatic rings. The van der Waals surface area contributed by atoms with E-state index in [1.54, 1.807) is 0 Å². The summed E-state index contributed by atoms with van der Waals surface area (Å²) in [7, 11) is 0. The molecule has 0 spiro atoms. The minimum Gasteiger partial charge on any atom is -0.398 e. The van der Waals surface area contributed by atoms with Crippen LogP contribution < -0.4 is 10.7 Å². The third kappa shape index (κ3) is 2.06. The summed E-state index contributed by atoms with van der Waals surface area (Å²) in [6, 6.07) is 16.5. The van der Waals surface area contributed by atoms with E-state index in [1.165, 1.54) is 16.5 Å². The number of hydrogen-bond donors (Lipinski definition) is 1. The molecule has 0 aliphatic carbocycles. The van der Waals surface area contributed by atoms with E-state index in [1.807, 2.05) is 24.3 Å². The van der Waals surface area contributed by atoms with Crippen LogP contribution in [0.25, 0.3) is 22.2 Å². The van der Waals surface area contributed by atoms with Gasteiger partial charge in [0.05, 0.1) is 5.56 Å². The van der Waals surface area contributed by atoms with Crippen LogP contribution in [-0.4, -0.2) is 0 Å². The molecule has 2 nitrogen and oxygen atoms in total. The Labute approximate surface area is 112 Å². The second-order valence-corrected chi connectivity index (χ2v) is 5.00. The average Bonchev–Trinajstić information content (AvgIpc) is 2.40. The second kappa shape index (κ2) is 4.39. The zero-order valence-corrected chi connectivity index (χ0v) is 11.2. The maximum Gasteiger partial charge on any atom is 0.213 e. The molecule has 3 N–H and O–H groups in total. The maximum atomic E-state index is 6.05. The number of benzene rings is 2. The Morgan fingerprint density at radius 1 is 0.947 bits per heavy atom. The SMILES string of the molecule is Cc1ccc2[nH+]c(-c3ccccc3N)cc(C)c2c1. The highest BCUT2D eigenvalue weighted by atomic mass is 14.7. The van der Waals surface area contributed by atoms with Crippen molar-refractivity contribution in [1.82, 2.24) is 0 Å². The Morgan fingerprint density at radius 2 is 1.74 bits per heavy atom. The lowest BCUT2D eigenvalue weighted by atomic mass is 10.0. The quantitative estimate of drug-likeness (QED) is 0.659. The molecule has 3 rings (SSSR count). The monoisotopic (exact) mass is 249 g/mol. The first kappa shape index (κ1) is 11.7. The number of anilines is 1. The Balaban J connectivity index is 2.27. The van der Waals surface area contributed by atoms with Crippen molar-refractivity contribution < 1.29 is 4.98 Å². The number of H-pyrrole nitrogens is 1. The minimum atomic E-state index is 0.796. The van der Waals surface area contributed by atoms with Crippen LogP contribution in [0.2, 0.25) is 0 Å². The van der Waals surface area contributed by atoms with Crippen LogP contribution in [0.5, 0.6) is 0 Å². The molecule has 0 radical (unpaired) electrons. The normalized spacial score (nSPS) is 10.8. The van der Waals surface area contributed by atoms with Crippen LogP contribution in [0.15, 0.2) is 48.5 Å². The highest BCUT2D eigenvalue weighted by Gasteiger charge is 2.13. The molecular weight excluding hydrogens is 232 g/mol. The highest BCUT2D eigenvalue weighted by molar-refractivity contribution is 5.83. The Kier molecular flexibility index (Phi) is 2.71. The molecule has 0 atom stereocenters. The van der Waals surface area contributed by atoms with Crippen molar-refractivity contribution in [3.8, 4) is 11.3 Å². The maximum absolute atomic E-state index is 6.05. The zero-order valence-electron chi connectivity index (χ0n) is 11.2. The first-order valence-electron chi connectivity index (χ1n) is 6.43. The van der Waals surface area contributed by atoms with Gasteiger partial charge in [0.1, 0.15) is 0 Å². The predicted molar refractivity (Wildman–Crippen MR) is 79.8 cm³/mol. The van der Waals surface area contributed by atoms with Crippen LogP contribution in [0.1, 0.15) is 11.1 Å². The molecule has 0 saturated heterocycles. The van der Waals surface area contributed by atoms with Gasteiger partial charge in [-0.05, 0) is 37.6 Å². The van der Waals surface area contributed by atoms with Crippen molar-refractivity contribution in [3.05, 3.63) is 59.7 Å². The van der Waals surface area contributed by atoms with Gasteiger partial charge in [-0.1, -0.05) is 23.8 Å². The molecule has 0 fully saturated rings. The summed E-state index contributed by atoms with van der Waals surface area (Å²) in [5, 5.41) is 1.26. The third-order valence-electron chi connectivity index (χ3n) is 3.48. The average molecular weight is 249 g/mol. The van der Waals surface area contributed by atoms with Gasteiger partial charge in [0, 0.05) is 23.2 Å². The largest absolute Gasteiger partial charge is 0.398 e. The van der Waals surface area contributed by atoms with Crippen molar-refractivity contribution in [2.24, 2.45) is 0 Å². The summed E-state index contributed by atoms with van der Waals surface area (Å²) in [4.78, 5) is 3.47. The van der Waals surface area contributed by atoms with E-state index in [0.29, 0.717) is 0 Å². The number of aromatic nitrogens is 1. The van der Waals surface area contributed by atoms with Crippen LogP contribution in [0, 0.1) is 13.8 Å². The summed E-state index contributed by atoms with van der Waals surface area (Å²) >= 11 is 0. The lowest BCUT2D eigenvalue weighted by Gasteiger charge is -2.04. The Morgan fingerprint density at radius 3 is 2.53 bits per heavy atom. The van der Waals surface area contributed by atoms with E-state index in [0.717, 1.165) is 22.5 Å². The summed E-state index contributed by atoms with van der Waals surface area (Å²) in [5.74, 6) is 0. The molecule has 0 saturated carbocycles. The van der Waals surface area contributed by atoms with E-state index in [2.05, 4.69) is 43.1 Å². The highest BCUT2D eigenvalue weighted by Crippen LogP contribution is 2.25. The molecule has 2 aromatic carbocycles. The van der Waals surface area contributed by atoms with Gasteiger partial charge in [0.2, 0.25) is 11.2 Å². The van der Waals surface area contributed by atoms with E-state index < -0.39 is 0 Å². The van der Waals surface area contributed by atoms with Crippen LogP contribution >= 0.6 is 0 Å². The third-order valence-corrected chi connectivity index (χ3v) is 3.48. The lowest BCUT2D eigenvalue weighted by Crippen LogP contribution is -2.10. The molecule has 94 valence electrons. The molecular formula is C17H17N2+. The summed E-state index contributed by atoms with van der Waals surface area (Å²) in [5.41, 5.74) is 12.6. The smallest absolute Gasteiger partial charge is 0.213 e. The van der Waals surface area contributed by atoms with Gasteiger partial charge in [-0.3, -0.25) is 0 Å². The minimum absolute atomic E-state index is 0.796. The van der Waals surface area contributed by atoms with Crippen molar-refractivity contribution in [2.75, 3.05) is 5.73 Å². The number of para-hydroxylation sites is 1. The molecule has 2 heteroatoms. The number of aryl methyl sites for hydroxylation is 2. The number of hydrogen-bond acceptors (Lipinski definition) is 1. The summed E-state index contributed by atoms with van der Waals surface area (Å²) < 4.78 is 0. The van der Waals surface area contributed by atoms with Gasteiger partial charge in [-0.2, -0.15) is 0 Å². The van der Waals surface area contributed by atoms with Gasteiger partial charge in [0.25, 0.3) is 0 Å². The fraction of sp³-hybridized carbons (Fsp3) is 0.118. The summed E-state index contributed by atoms with van der Waals surface area (Å²) in [6.45, 7) is 4.25. The first-order valence-corrected chi connectivity index (χ1v) is 6.43. The van der Waals surface area contributed by atoms with E-state index in [4.69, 9.17) is 5.73 Å². The zero-order chi connectivity index (χ0) is 13.4. The van der Waals surface area contributed by atoms with Crippen molar-refractivity contribution >= 4 is 16.6 Å². The van der Waals surface area contributed by atoms with Gasteiger partial charge >= 0.3 is 0 Å². The predicted octanol–water partition coefficient (Wildman–Crippen LogP) is 3.52. The molecule has 0 bridgehead atoms. The Bertz CT molecular complexity index is 760. The van der Waals surface area contributed by atoms with Crippen molar-refractivity contribution in [2.45, 2.75) is 13.8 Å². The van der Waals surface area contributed by atoms with E-state index in [-0.39, 0.29) is 0 Å². The molecule has 3 aromatic rings. The fourth-order valence-electron chi connectivity index (χ4n) is 2.46. The number of pyridine rings is 1. The second-order valence-electron chi connectivity index (χ2n) is 5.00. The number of aromatic amines is 1. The van der Waals surface area contributed by atoms with Crippen LogP contribution in [0.4, 0.5) is 5.69 Å². The lowest BCUT2D eigenvalue weighted by molar-refractivity contribution is -0.331. The molecule has 0 aliphatic heterocycles. The Hall–Kier alpha value is -2.35. The van der Waals surface area contributed by atoms with Crippen molar-refractivity contribution in [1.29, 1.82) is 0 Å². The van der Waals surface area contributed by atoms with Crippen LogP contribution in [-0.2, 0) is 0 Å². The molecule has 1 heterocycles. The van der Waals surface area contributed by atoms with E-state index in [9.17, 15) is 0 Å². The van der Waals surface area contributed by atoms with Gasteiger partial charge in [-0.25, -0.2) is 4.98 Å². The molecule has 0 amide bonds. The number of nitrogens with two attached hydrogens (primary N) is 1. The number of fused-ring (bicyclic) bond motifs is 1. The van der Waals surface area contributed by atoms with Crippen LogP contribution in [0.3, 0.4) is 0 Å². The summed E-state index contributed by atoms with van der Waals surface area (Å²) in [6.07, 6.45) is 0. The molecule has 1 aromatic heterocycles. The number of nitrogen functional groups attached to an aromatic ring is 1. The first-order chi connectivity index (χ1) is 9.15. The molecule has 19 heavy (non-hydrogen) atoms. The standard InChI is InChI=1S/C17H16N2/c1-11-7-8-16-14(9-11)12(2)10-17(19-16)13-5-3-4-6-15(13)18/h3-10H,18H2,1-2H3/p+1.